The molecule has 0 saturated heterocycles. The Hall–Kier alpha value is -0.900. The number of nitrogens with one attached hydrogen (secondary N) is 1. The Morgan fingerprint density at radius 3 is 2.52 bits per heavy atom. The average Bonchev–Trinajstić information content (AvgIpc) is 3.05. The molecular formula is C18H29NO2. The van der Waals surface area contributed by atoms with Crippen LogP contribution in [0.2, 0.25) is 0 Å². The second-order valence-electron chi connectivity index (χ2n) is 6.28. The van der Waals surface area contributed by atoms with Crippen LogP contribution in [0, 0.1) is 5.92 Å². The van der Waals surface area contributed by atoms with Gasteiger partial charge in [-0.1, -0.05) is 43.2 Å². The fraction of sp³-hybridized carbons (Fsp3) is 0.667. The van der Waals surface area contributed by atoms with Crippen molar-refractivity contribution in [3.63, 3.8) is 0 Å². The lowest BCUT2D eigenvalue weighted by Gasteiger charge is -2.23. The molecule has 1 aromatic rings. The van der Waals surface area contributed by atoms with Gasteiger partial charge in [-0.05, 0) is 38.2 Å². The maximum absolute atomic E-state index is 10.0. The minimum absolute atomic E-state index is 0.0214. The van der Waals surface area contributed by atoms with Gasteiger partial charge in [-0.25, -0.2) is 0 Å². The highest BCUT2D eigenvalue weighted by molar-refractivity contribution is 5.16. The SMILES string of the molecule is CC(OCC(O)CN[C@H](C)C1CCCC1)c1ccccc1. The molecular weight excluding hydrogens is 262 g/mol. The first-order valence-corrected chi connectivity index (χ1v) is 8.25. The smallest absolute Gasteiger partial charge is 0.0898 e. The lowest BCUT2D eigenvalue weighted by Crippen LogP contribution is -2.39. The summed E-state index contributed by atoms with van der Waals surface area (Å²) < 4.78 is 5.76. The van der Waals surface area contributed by atoms with Gasteiger partial charge in [-0.15, -0.1) is 0 Å². The van der Waals surface area contributed by atoms with Crippen LogP contribution < -0.4 is 5.32 Å². The number of rotatable bonds is 8. The molecule has 3 nitrogen and oxygen atoms in total. The first-order chi connectivity index (χ1) is 10.2. The van der Waals surface area contributed by atoms with Crippen LogP contribution in [0.15, 0.2) is 30.3 Å². The molecule has 0 aromatic heterocycles. The summed E-state index contributed by atoms with van der Waals surface area (Å²) in [4.78, 5) is 0. The Morgan fingerprint density at radius 2 is 1.86 bits per heavy atom. The van der Waals surface area contributed by atoms with Crippen LogP contribution in [0.4, 0.5) is 0 Å². The maximum atomic E-state index is 10.0. The summed E-state index contributed by atoms with van der Waals surface area (Å²) in [7, 11) is 0. The monoisotopic (exact) mass is 291 g/mol. The third-order valence-electron chi connectivity index (χ3n) is 4.59. The summed E-state index contributed by atoms with van der Waals surface area (Å²) in [5.74, 6) is 0.779. The van der Waals surface area contributed by atoms with Gasteiger partial charge in [-0.3, -0.25) is 0 Å². The van der Waals surface area contributed by atoms with Crippen LogP contribution in [0.1, 0.15) is 51.2 Å². The molecule has 1 aromatic carbocycles. The number of aliphatic hydroxyl groups excluding tert-OH is 1. The molecule has 3 heteroatoms. The molecule has 0 spiro atoms. The van der Waals surface area contributed by atoms with Gasteiger partial charge in [0, 0.05) is 12.6 Å². The molecule has 1 aliphatic carbocycles. The third-order valence-corrected chi connectivity index (χ3v) is 4.59. The normalized spacial score (nSPS) is 20.3. The fourth-order valence-corrected chi connectivity index (χ4v) is 3.08. The highest BCUT2D eigenvalue weighted by Gasteiger charge is 2.21. The zero-order valence-corrected chi connectivity index (χ0v) is 13.3. The third kappa shape index (κ3) is 5.42. The van der Waals surface area contributed by atoms with E-state index in [0.29, 0.717) is 19.2 Å². The van der Waals surface area contributed by atoms with E-state index in [2.05, 4.69) is 24.4 Å². The number of hydrogen-bond donors (Lipinski definition) is 2. The van der Waals surface area contributed by atoms with Gasteiger partial charge >= 0.3 is 0 Å². The van der Waals surface area contributed by atoms with Crippen molar-refractivity contribution in [3.8, 4) is 0 Å². The predicted molar refractivity (Wildman–Crippen MR) is 86.2 cm³/mol. The van der Waals surface area contributed by atoms with Crippen molar-refractivity contribution in [2.75, 3.05) is 13.2 Å². The van der Waals surface area contributed by atoms with Crippen molar-refractivity contribution in [1.29, 1.82) is 0 Å². The average molecular weight is 291 g/mol. The minimum Gasteiger partial charge on any atom is -0.389 e. The Morgan fingerprint density at radius 1 is 1.19 bits per heavy atom. The van der Waals surface area contributed by atoms with Gasteiger partial charge in [0.05, 0.1) is 18.8 Å². The topological polar surface area (TPSA) is 41.5 Å². The molecule has 1 fully saturated rings. The molecule has 1 aliphatic rings. The quantitative estimate of drug-likeness (QED) is 0.772. The molecule has 3 atom stereocenters. The van der Waals surface area contributed by atoms with Crippen molar-refractivity contribution in [2.45, 2.75) is 57.8 Å². The zero-order chi connectivity index (χ0) is 15.1. The molecule has 0 aliphatic heterocycles. The number of hydrogen-bond acceptors (Lipinski definition) is 3. The van der Waals surface area contributed by atoms with E-state index in [4.69, 9.17) is 4.74 Å². The van der Waals surface area contributed by atoms with E-state index in [1.54, 1.807) is 0 Å². The van der Waals surface area contributed by atoms with Gasteiger partial charge in [0.15, 0.2) is 0 Å². The highest BCUT2D eigenvalue weighted by Crippen LogP contribution is 2.27. The Bertz CT molecular complexity index is 389. The zero-order valence-electron chi connectivity index (χ0n) is 13.3. The van der Waals surface area contributed by atoms with Crippen molar-refractivity contribution in [1.82, 2.24) is 5.32 Å². The summed E-state index contributed by atoms with van der Waals surface area (Å²) in [6.07, 6.45) is 4.94. The lowest BCUT2D eigenvalue weighted by atomic mass is 10.00. The molecule has 21 heavy (non-hydrogen) atoms. The second kappa shape index (κ2) is 8.52. The molecule has 0 bridgehead atoms. The molecule has 0 radical (unpaired) electrons. The molecule has 0 heterocycles. The molecule has 2 N–H and O–H groups in total. The summed E-state index contributed by atoms with van der Waals surface area (Å²) in [5, 5.41) is 13.5. The van der Waals surface area contributed by atoms with Crippen LogP contribution in [-0.4, -0.2) is 30.4 Å². The molecule has 0 amide bonds. The van der Waals surface area contributed by atoms with Gasteiger partial charge in [0.2, 0.25) is 0 Å². The summed E-state index contributed by atoms with van der Waals surface area (Å²) >= 11 is 0. The van der Waals surface area contributed by atoms with Gasteiger partial charge in [0.1, 0.15) is 0 Å². The van der Waals surface area contributed by atoms with E-state index in [0.717, 1.165) is 11.5 Å². The predicted octanol–water partition coefficient (Wildman–Crippen LogP) is 3.29. The lowest BCUT2D eigenvalue weighted by molar-refractivity contribution is -0.00329. The van der Waals surface area contributed by atoms with Gasteiger partial charge in [0.25, 0.3) is 0 Å². The van der Waals surface area contributed by atoms with Crippen molar-refractivity contribution < 1.29 is 9.84 Å². The van der Waals surface area contributed by atoms with Gasteiger partial charge < -0.3 is 15.2 Å². The Balaban J connectivity index is 1.64. The highest BCUT2D eigenvalue weighted by atomic mass is 16.5. The van der Waals surface area contributed by atoms with Crippen LogP contribution in [0.3, 0.4) is 0 Å². The largest absolute Gasteiger partial charge is 0.389 e. The summed E-state index contributed by atoms with van der Waals surface area (Å²) in [6, 6.07) is 10.6. The van der Waals surface area contributed by atoms with E-state index in [9.17, 15) is 5.11 Å². The Labute approximate surface area is 128 Å². The summed E-state index contributed by atoms with van der Waals surface area (Å²) in [5.41, 5.74) is 1.15. The number of benzene rings is 1. The van der Waals surface area contributed by atoms with Crippen molar-refractivity contribution in [3.05, 3.63) is 35.9 Å². The van der Waals surface area contributed by atoms with E-state index in [-0.39, 0.29) is 6.10 Å². The molecule has 118 valence electrons. The number of aliphatic hydroxyl groups is 1. The van der Waals surface area contributed by atoms with E-state index in [1.807, 2.05) is 25.1 Å². The Kier molecular flexibility index (Phi) is 6.68. The van der Waals surface area contributed by atoms with Gasteiger partial charge in [-0.2, -0.15) is 0 Å². The number of ether oxygens (including phenoxy) is 1. The van der Waals surface area contributed by atoms with Crippen LogP contribution in [0.25, 0.3) is 0 Å². The first kappa shape index (κ1) is 16.5. The summed E-state index contributed by atoms with van der Waals surface area (Å²) in [6.45, 7) is 5.24. The van der Waals surface area contributed by atoms with Crippen molar-refractivity contribution in [2.24, 2.45) is 5.92 Å². The van der Waals surface area contributed by atoms with Crippen LogP contribution in [0.5, 0.6) is 0 Å². The maximum Gasteiger partial charge on any atom is 0.0898 e. The van der Waals surface area contributed by atoms with Crippen LogP contribution >= 0.6 is 0 Å². The molecule has 2 rings (SSSR count). The standard InChI is InChI=1S/C18H29NO2/c1-14(16-8-6-7-9-16)19-12-18(20)13-21-15(2)17-10-4-3-5-11-17/h3-5,10-11,14-16,18-20H,6-9,12-13H2,1-2H3/t14-,15?,18?/m1/s1. The molecule has 1 saturated carbocycles. The minimum atomic E-state index is -0.444. The van der Waals surface area contributed by atoms with Crippen molar-refractivity contribution >= 4 is 0 Å². The first-order valence-electron chi connectivity index (χ1n) is 8.25. The molecule has 2 unspecified atom stereocenters. The van der Waals surface area contributed by atoms with E-state index >= 15 is 0 Å². The second-order valence-corrected chi connectivity index (χ2v) is 6.28. The van der Waals surface area contributed by atoms with Crippen LogP contribution in [-0.2, 0) is 4.74 Å². The van der Waals surface area contributed by atoms with E-state index in [1.165, 1.54) is 25.7 Å². The fourth-order valence-electron chi connectivity index (χ4n) is 3.08. The van der Waals surface area contributed by atoms with E-state index < -0.39 is 6.10 Å².